The van der Waals surface area contributed by atoms with Crippen LogP contribution in [0.4, 0.5) is 0 Å². The van der Waals surface area contributed by atoms with Crippen molar-refractivity contribution in [3.63, 3.8) is 0 Å². The molecule has 0 unspecified atom stereocenters. The van der Waals surface area contributed by atoms with Gasteiger partial charge in [0.15, 0.2) is 0 Å². The van der Waals surface area contributed by atoms with E-state index in [1.165, 1.54) is 12.1 Å². The summed E-state index contributed by atoms with van der Waals surface area (Å²) in [4.78, 5) is 0.0423. The summed E-state index contributed by atoms with van der Waals surface area (Å²) in [6.45, 7) is 1.88. The molecule has 0 saturated heterocycles. The summed E-state index contributed by atoms with van der Waals surface area (Å²) in [5, 5.41) is 4.05. The molecule has 148 valence electrons. The fourth-order valence-corrected chi connectivity index (χ4v) is 4.04. The zero-order valence-corrected chi connectivity index (χ0v) is 17.0. The first-order chi connectivity index (χ1) is 13.9. The zero-order valence-electron chi connectivity index (χ0n) is 16.2. The SMILES string of the molecule is COc1ccc2c(c1)-c1cccc(OC)c1/C2=N/OS(=O)(=O)c1ccc(C)cc1. The number of oxime groups is 1. The van der Waals surface area contributed by atoms with Gasteiger partial charge in [-0.3, -0.25) is 4.28 Å². The van der Waals surface area contributed by atoms with Crippen LogP contribution in [-0.2, 0) is 14.4 Å². The highest BCUT2D eigenvalue weighted by Gasteiger charge is 2.30. The van der Waals surface area contributed by atoms with E-state index in [9.17, 15) is 8.42 Å². The minimum atomic E-state index is -4.05. The smallest absolute Gasteiger partial charge is 0.358 e. The van der Waals surface area contributed by atoms with Gasteiger partial charge in [-0.2, -0.15) is 8.42 Å². The van der Waals surface area contributed by atoms with Gasteiger partial charge in [0.1, 0.15) is 22.1 Å². The van der Waals surface area contributed by atoms with E-state index in [1.54, 1.807) is 38.5 Å². The first-order valence-corrected chi connectivity index (χ1v) is 10.3. The normalized spacial score (nSPS) is 13.7. The summed E-state index contributed by atoms with van der Waals surface area (Å²) in [5.74, 6) is 1.26. The van der Waals surface area contributed by atoms with Gasteiger partial charge in [0.05, 0.1) is 19.8 Å². The minimum absolute atomic E-state index is 0.0423. The van der Waals surface area contributed by atoms with Gasteiger partial charge in [-0.25, -0.2) is 0 Å². The summed E-state index contributed by atoms with van der Waals surface area (Å²) in [7, 11) is -0.906. The van der Waals surface area contributed by atoms with Crippen LogP contribution in [0.3, 0.4) is 0 Å². The maximum atomic E-state index is 12.6. The van der Waals surface area contributed by atoms with Gasteiger partial charge in [0.25, 0.3) is 0 Å². The quantitative estimate of drug-likeness (QED) is 0.463. The molecule has 0 N–H and O–H groups in total. The van der Waals surface area contributed by atoms with E-state index in [0.717, 1.165) is 22.3 Å². The number of hydrogen-bond donors (Lipinski definition) is 0. The second kappa shape index (κ2) is 7.25. The van der Waals surface area contributed by atoms with Crippen LogP contribution in [0.1, 0.15) is 16.7 Å². The highest BCUT2D eigenvalue weighted by molar-refractivity contribution is 7.86. The fraction of sp³-hybridized carbons (Fsp3) is 0.136. The average Bonchev–Trinajstić information content (AvgIpc) is 3.05. The lowest BCUT2D eigenvalue weighted by molar-refractivity contribution is 0.339. The van der Waals surface area contributed by atoms with Gasteiger partial charge in [-0.1, -0.05) is 35.0 Å². The van der Waals surface area contributed by atoms with E-state index in [2.05, 4.69) is 5.16 Å². The molecule has 1 aliphatic carbocycles. The Morgan fingerprint density at radius 1 is 0.828 bits per heavy atom. The predicted octanol–water partition coefficient (Wildman–Crippen LogP) is 4.15. The van der Waals surface area contributed by atoms with Crippen LogP contribution >= 0.6 is 0 Å². The summed E-state index contributed by atoms with van der Waals surface area (Å²) in [6, 6.07) is 17.5. The van der Waals surface area contributed by atoms with Crippen molar-refractivity contribution in [1.29, 1.82) is 0 Å². The lowest BCUT2D eigenvalue weighted by atomic mass is 10.1. The second-order valence-electron chi connectivity index (χ2n) is 6.58. The van der Waals surface area contributed by atoms with Crippen molar-refractivity contribution in [2.24, 2.45) is 5.16 Å². The van der Waals surface area contributed by atoms with Crippen LogP contribution in [-0.4, -0.2) is 28.3 Å². The van der Waals surface area contributed by atoms with Crippen molar-refractivity contribution in [2.75, 3.05) is 14.2 Å². The van der Waals surface area contributed by atoms with Crippen molar-refractivity contribution < 1.29 is 22.2 Å². The molecule has 29 heavy (non-hydrogen) atoms. The van der Waals surface area contributed by atoms with Gasteiger partial charge < -0.3 is 9.47 Å². The largest absolute Gasteiger partial charge is 0.497 e. The molecule has 3 aromatic rings. The molecule has 0 bridgehead atoms. The molecule has 3 aromatic carbocycles. The summed E-state index contributed by atoms with van der Waals surface area (Å²) >= 11 is 0. The topological polar surface area (TPSA) is 74.2 Å². The number of methoxy groups -OCH3 is 2. The molecule has 0 aromatic heterocycles. The molecular formula is C22H19NO5S. The highest BCUT2D eigenvalue weighted by Crippen LogP contribution is 2.43. The third kappa shape index (κ3) is 3.34. The first kappa shape index (κ1) is 19.0. The molecule has 0 spiro atoms. The van der Waals surface area contributed by atoms with E-state index < -0.39 is 10.1 Å². The van der Waals surface area contributed by atoms with Crippen LogP contribution in [0.2, 0.25) is 0 Å². The van der Waals surface area contributed by atoms with Crippen molar-refractivity contribution in [2.45, 2.75) is 11.8 Å². The zero-order chi connectivity index (χ0) is 20.6. The Morgan fingerprint density at radius 3 is 2.28 bits per heavy atom. The number of benzene rings is 3. The fourth-order valence-electron chi connectivity index (χ4n) is 3.31. The summed E-state index contributed by atoms with van der Waals surface area (Å²) in [6.07, 6.45) is 0. The van der Waals surface area contributed by atoms with Gasteiger partial charge in [0.2, 0.25) is 0 Å². The van der Waals surface area contributed by atoms with Crippen molar-refractivity contribution in [3.8, 4) is 22.6 Å². The van der Waals surface area contributed by atoms with E-state index >= 15 is 0 Å². The monoisotopic (exact) mass is 409 g/mol. The Kier molecular flexibility index (Phi) is 4.76. The Labute approximate surface area is 169 Å². The lowest BCUT2D eigenvalue weighted by Gasteiger charge is -2.08. The third-order valence-electron chi connectivity index (χ3n) is 4.79. The van der Waals surface area contributed by atoms with Crippen LogP contribution in [0.15, 0.2) is 70.7 Å². The second-order valence-corrected chi connectivity index (χ2v) is 8.10. The Hall–Kier alpha value is -3.32. The molecule has 0 saturated carbocycles. The molecular weight excluding hydrogens is 390 g/mol. The van der Waals surface area contributed by atoms with Gasteiger partial charge in [-0.15, -0.1) is 0 Å². The van der Waals surface area contributed by atoms with E-state index in [-0.39, 0.29) is 4.90 Å². The molecule has 0 aliphatic heterocycles. The van der Waals surface area contributed by atoms with Crippen molar-refractivity contribution in [3.05, 3.63) is 77.4 Å². The molecule has 0 heterocycles. The molecule has 0 atom stereocenters. The van der Waals surface area contributed by atoms with Crippen LogP contribution in [0.25, 0.3) is 11.1 Å². The maximum Gasteiger partial charge on any atom is 0.358 e. The molecule has 7 heteroatoms. The summed E-state index contributed by atoms with van der Waals surface area (Å²) in [5.41, 5.74) is 4.50. The Balaban J connectivity index is 1.83. The van der Waals surface area contributed by atoms with E-state index in [0.29, 0.717) is 22.8 Å². The maximum absolute atomic E-state index is 12.6. The first-order valence-electron chi connectivity index (χ1n) is 8.89. The average molecular weight is 409 g/mol. The van der Waals surface area contributed by atoms with Crippen molar-refractivity contribution >= 4 is 15.8 Å². The number of aryl methyl sites for hydroxylation is 1. The minimum Gasteiger partial charge on any atom is -0.497 e. The van der Waals surface area contributed by atoms with Gasteiger partial charge in [-0.05, 0) is 54.4 Å². The third-order valence-corrected chi connectivity index (χ3v) is 5.91. The van der Waals surface area contributed by atoms with Gasteiger partial charge >= 0.3 is 10.1 Å². The number of ether oxygens (including phenoxy) is 2. The predicted molar refractivity (Wildman–Crippen MR) is 110 cm³/mol. The molecule has 0 radical (unpaired) electrons. The molecule has 0 amide bonds. The standard InChI is InChI=1S/C22H19NO5S/c1-14-7-10-16(11-8-14)29(24,25)28-23-22-18-12-9-15(26-2)13-19(18)17-5-4-6-20(27-3)21(17)22/h4-13H,1-3H3/b23-22+. The Bertz CT molecular complexity index is 1210. The summed E-state index contributed by atoms with van der Waals surface area (Å²) < 4.78 is 41.1. The number of hydrogen-bond acceptors (Lipinski definition) is 6. The Morgan fingerprint density at radius 2 is 1.59 bits per heavy atom. The number of rotatable bonds is 5. The number of nitrogens with zero attached hydrogens (tertiary/aromatic N) is 1. The number of fused-ring (bicyclic) bond motifs is 3. The van der Waals surface area contributed by atoms with Crippen LogP contribution < -0.4 is 9.47 Å². The van der Waals surface area contributed by atoms with Crippen LogP contribution in [0, 0.1) is 6.92 Å². The van der Waals surface area contributed by atoms with Crippen LogP contribution in [0.5, 0.6) is 11.5 Å². The molecule has 1 aliphatic rings. The van der Waals surface area contributed by atoms with Crippen molar-refractivity contribution in [1.82, 2.24) is 0 Å². The molecule has 0 fully saturated rings. The lowest BCUT2D eigenvalue weighted by Crippen LogP contribution is -2.07. The van der Waals surface area contributed by atoms with E-state index in [1.807, 2.05) is 31.2 Å². The highest BCUT2D eigenvalue weighted by atomic mass is 32.2. The van der Waals surface area contributed by atoms with E-state index in [4.69, 9.17) is 13.8 Å². The molecule has 4 rings (SSSR count). The molecule has 6 nitrogen and oxygen atoms in total. The van der Waals surface area contributed by atoms with Gasteiger partial charge in [0, 0.05) is 5.56 Å².